The van der Waals surface area contributed by atoms with Gasteiger partial charge in [-0.1, -0.05) is 6.07 Å². The molecule has 1 aromatic carbocycles. The normalized spacial score (nSPS) is 13.9. The standard InChI is InChI=1S/C14H12N4S/c1-2-9-4-5-11(6-10(9)3-1)19-14-15-7-12-13(18-14)17-8-16-12/h4-8H,1-3H2,(H,15,16,17,18). The third-order valence-electron chi connectivity index (χ3n) is 3.43. The minimum absolute atomic E-state index is 0.721. The number of nitrogens with one attached hydrogen (secondary N) is 1. The van der Waals surface area contributed by atoms with Gasteiger partial charge in [0.15, 0.2) is 10.8 Å². The number of H-pyrrole nitrogens is 1. The minimum atomic E-state index is 0.721. The number of hydrogen-bond acceptors (Lipinski definition) is 4. The maximum Gasteiger partial charge on any atom is 0.194 e. The molecule has 3 aromatic rings. The maximum absolute atomic E-state index is 4.43. The predicted molar refractivity (Wildman–Crippen MR) is 74.3 cm³/mol. The Kier molecular flexibility index (Phi) is 2.51. The summed E-state index contributed by atoms with van der Waals surface area (Å²) in [7, 11) is 0. The first-order valence-corrected chi connectivity index (χ1v) is 7.16. The van der Waals surface area contributed by atoms with Crippen molar-refractivity contribution < 1.29 is 0 Å². The molecule has 94 valence electrons. The van der Waals surface area contributed by atoms with Gasteiger partial charge in [-0.05, 0) is 54.3 Å². The zero-order valence-corrected chi connectivity index (χ0v) is 11.1. The number of aromatic nitrogens is 4. The molecule has 4 rings (SSSR count). The highest BCUT2D eigenvalue weighted by Gasteiger charge is 2.12. The lowest BCUT2D eigenvalue weighted by Gasteiger charge is -2.03. The number of aryl methyl sites for hydroxylation is 2. The number of hydrogen-bond donors (Lipinski definition) is 1. The molecule has 0 aliphatic heterocycles. The van der Waals surface area contributed by atoms with Gasteiger partial charge < -0.3 is 4.98 Å². The van der Waals surface area contributed by atoms with Gasteiger partial charge in [-0.3, -0.25) is 0 Å². The fourth-order valence-electron chi connectivity index (χ4n) is 2.49. The second kappa shape index (κ2) is 4.35. The number of rotatable bonds is 2. The molecule has 0 atom stereocenters. The summed E-state index contributed by atoms with van der Waals surface area (Å²) in [4.78, 5) is 17.1. The zero-order chi connectivity index (χ0) is 12.7. The molecule has 0 saturated carbocycles. The second-order valence-electron chi connectivity index (χ2n) is 4.68. The van der Waals surface area contributed by atoms with E-state index in [2.05, 4.69) is 38.1 Å². The van der Waals surface area contributed by atoms with Crippen LogP contribution in [0.2, 0.25) is 0 Å². The number of aromatic amines is 1. The van der Waals surface area contributed by atoms with E-state index >= 15 is 0 Å². The monoisotopic (exact) mass is 268 g/mol. The van der Waals surface area contributed by atoms with Crippen LogP contribution in [-0.4, -0.2) is 19.9 Å². The molecule has 0 saturated heterocycles. The lowest BCUT2D eigenvalue weighted by atomic mass is 10.1. The molecular weight excluding hydrogens is 256 g/mol. The van der Waals surface area contributed by atoms with E-state index in [0.29, 0.717) is 0 Å². The summed E-state index contributed by atoms with van der Waals surface area (Å²) in [5.41, 5.74) is 4.57. The number of benzene rings is 1. The molecule has 0 amide bonds. The van der Waals surface area contributed by atoms with Crippen LogP contribution in [-0.2, 0) is 12.8 Å². The minimum Gasteiger partial charge on any atom is -0.342 e. The van der Waals surface area contributed by atoms with E-state index in [0.717, 1.165) is 16.3 Å². The first-order valence-electron chi connectivity index (χ1n) is 6.34. The quantitative estimate of drug-likeness (QED) is 0.726. The highest BCUT2D eigenvalue weighted by atomic mass is 32.2. The van der Waals surface area contributed by atoms with Crippen molar-refractivity contribution in [2.75, 3.05) is 0 Å². The van der Waals surface area contributed by atoms with Crippen molar-refractivity contribution in [3.63, 3.8) is 0 Å². The van der Waals surface area contributed by atoms with E-state index < -0.39 is 0 Å². The van der Waals surface area contributed by atoms with Gasteiger partial charge >= 0.3 is 0 Å². The van der Waals surface area contributed by atoms with Crippen LogP contribution in [0.4, 0.5) is 0 Å². The fraction of sp³-hybridized carbons (Fsp3) is 0.214. The molecule has 2 aromatic heterocycles. The molecule has 0 fully saturated rings. The van der Waals surface area contributed by atoms with Crippen molar-refractivity contribution in [1.82, 2.24) is 19.9 Å². The molecule has 1 aliphatic rings. The van der Waals surface area contributed by atoms with Gasteiger partial charge in [0.2, 0.25) is 0 Å². The summed E-state index contributed by atoms with van der Waals surface area (Å²) >= 11 is 1.60. The summed E-state index contributed by atoms with van der Waals surface area (Å²) in [6.07, 6.45) is 7.12. The molecule has 4 nitrogen and oxygen atoms in total. The van der Waals surface area contributed by atoms with E-state index in [1.165, 1.54) is 35.3 Å². The van der Waals surface area contributed by atoms with E-state index in [-0.39, 0.29) is 0 Å². The Hall–Kier alpha value is -1.88. The maximum atomic E-state index is 4.43. The number of nitrogens with zero attached hydrogens (tertiary/aromatic N) is 3. The molecule has 0 radical (unpaired) electrons. The lowest BCUT2D eigenvalue weighted by molar-refractivity contribution is 0.911. The summed E-state index contributed by atoms with van der Waals surface area (Å²) in [6, 6.07) is 6.66. The highest BCUT2D eigenvalue weighted by Crippen LogP contribution is 2.30. The van der Waals surface area contributed by atoms with Crippen LogP contribution in [0.15, 0.2) is 40.8 Å². The number of fused-ring (bicyclic) bond motifs is 2. The molecule has 2 heterocycles. The SMILES string of the molecule is c1nc2nc(Sc3ccc4c(c3)CCC4)ncc2[nH]1. The van der Waals surface area contributed by atoms with Gasteiger partial charge in [0.25, 0.3) is 0 Å². The summed E-state index contributed by atoms with van der Waals surface area (Å²) < 4.78 is 0. The summed E-state index contributed by atoms with van der Waals surface area (Å²) in [5.74, 6) is 0. The van der Waals surface area contributed by atoms with Crippen LogP contribution < -0.4 is 0 Å². The molecule has 1 aliphatic carbocycles. The molecule has 0 bridgehead atoms. The third kappa shape index (κ3) is 2.00. The predicted octanol–water partition coefficient (Wildman–Crippen LogP) is 2.99. The molecule has 5 heteroatoms. The topological polar surface area (TPSA) is 54.5 Å². The van der Waals surface area contributed by atoms with Crippen molar-refractivity contribution in [2.24, 2.45) is 0 Å². The molecule has 0 spiro atoms. The lowest BCUT2D eigenvalue weighted by Crippen LogP contribution is -1.88. The van der Waals surface area contributed by atoms with Gasteiger partial charge in [0.05, 0.1) is 12.5 Å². The van der Waals surface area contributed by atoms with Gasteiger partial charge in [-0.25, -0.2) is 15.0 Å². The van der Waals surface area contributed by atoms with E-state index in [1.807, 2.05) is 0 Å². The summed E-state index contributed by atoms with van der Waals surface area (Å²) in [6.45, 7) is 0. The highest BCUT2D eigenvalue weighted by molar-refractivity contribution is 7.99. The Balaban J connectivity index is 1.66. The Morgan fingerprint density at radius 3 is 3.05 bits per heavy atom. The largest absolute Gasteiger partial charge is 0.342 e. The van der Waals surface area contributed by atoms with Crippen molar-refractivity contribution in [1.29, 1.82) is 0 Å². The molecule has 0 unspecified atom stereocenters. The van der Waals surface area contributed by atoms with Crippen molar-refractivity contribution >= 4 is 22.9 Å². The Bertz CT molecular complexity index is 750. The van der Waals surface area contributed by atoms with Crippen LogP contribution in [0.3, 0.4) is 0 Å². The van der Waals surface area contributed by atoms with Crippen LogP contribution in [0.1, 0.15) is 17.5 Å². The first-order chi connectivity index (χ1) is 9.38. The fourth-order valence-corrected chi connectivity index (χ4v) is 3.27. The van der Waals surface area contributed by atoms with E-state index in [9.17, 15) is 0 Å². The smallest absolute Gasteiger partial charge is 0.194 e. The van der Waals surface area contributed by atoms with E-state index in [4.69, 9.17) is 0 Å². The summed E-state index contributed by atoms with van der Waals surface area (Å²) in [5, 5.41) is 0.748. The Morgan fingerprint density at radius 1 is 1.11 bits per heavy atom. The third-order valence-corrected chi connectivity index (χ3v) is 4.30. The molecule has 1 N–H and O–H groups in total. The van der Waals surface area contributed by atoms with Gasteiger partial charge in [0, 0.05) is 4.90 Å². The van der Waals surface area contributed by atoms with Crippen LogP contribution in [0, 0.1) is 0 Å². The van der Waals surface area contributed by atoms with Crippen molar-refractivity contribution in [3.8, 4) is 0 Å². The number of imidazole rings is 1. The Labute approximate surface area is 114 Å². The van der Waals surface area contributed by atoms with E-state index in [1.54, 1.807) is 24.3 Å². The van der Waals surface area contributed by atoms with Crippen molar-refractivity contribution in [3.05, 3.63) is 41.9 Å². The zero-order valence-electron chi connectivity index (χ0n) is 10.3. The molecule has 19 heavy (non-hydrogen) atoms. The van der Waals surface area contributed by atoms with Crippen LogP contribution >= 0.6 is 11.8 Å². The molecular formula is C14H12N4S. The average Bonchev–Trinajstić information content (AvgIpc) is 3.05. The van der Waals surface area contributed by atoms with Crippen LogP contribution in [0.25, 0.3) is 11.2 Å². The van der Waals surface area contributed by atoms with Crippen LogP contribution in [0.5, 0.6) is 0 Å². The Morgan fingerprint density at radius 2 is 2.05 bits per heavy atom. The first kappa shape index (κ1) is 11.0. The van der Waals surface area contributed by atoms with Crippen molar-refractivity contribution in [2.45, 2.75) is 29.3 Å². The van der Waals surface area contributed by atoms with Gasteiger partial charge in [0.1, 0.15) is 5.52 Å². The second-order valence-corrected chi connectivity index (χ2v) is 5.72. The van der Waals surface area contributed by atoms with Gasteiger partial charge in [-0.15, -0.1) is 0 Å². The average molecular weight is 268 g/mol. The van der Waals surface area contributed by atoms with Gasteiger partial charge in [-0.2, -0.15) is 0 Å².